The number of anilines is 1. The number of rotatable bonds is 3. The lowest BCUT2D eigenvalue weighted by molar-refractivity contribution is 0.0927. The summed E-state index contributed by atoms with van der Waals surface area (Å²) in [6, 6.07) is 5.03. The molecule has 0 aliphatic heterocycles. The molecule has 0 spiro atoms. The summed E-state index contributed by atoms with van der Waals surface area (Å²) in [4.78, 5) is 12.2. The number of hydrogen-bond donors (Lipinski definition) is 3. The molecule has 1 aliphatic carbocycles. The van der Waals surface area contributed by atoms with Crippen LogP contribution in [0.5, 0.6) is 5.75 Å². The maximum absolute atomic E-state index is 12.2. The molecule has 4 N–H and O–H groups in total. The Morgan fingerprint density at radius 1 is 1.42 bits per heavy atom. The zero-order valence-electron chi connectivity index (χ0n) is 11.1. The first-order chi connectivity index (χ1) is 9.13. The molecule has 2 unspecified atom stereocenters. The molecule has 0 radical (unpaired) electrons. The minimum Gasteiger partial charge on any atom is -0.505 e. The van der Waals surface area contributed by atoms with E-state index >= 15 is 0 Å². The minimum absolute atomic E-state index is 0.128. The number of nitrogen functional groups attached to an aromatic ring is 1. The van der Waals surface area contributed by atoms with Gasteiger partial charge in [0.1, 0.15) is 0 Å². The molecule has 1 amide bonds. The first-order valence-corrected chi connectivity index (χ1v) is 7.83. The minimum atomic E-state index is -0.240. The summed E-state index contributed by atoms with van der Waals surface area (Å²) in [5, 5.41) is 13.3. The van der Waals surface area contributed by atoms with Crippen molar-refractivity contribution in [3.63, 3.8) is 0 Å². The quantitative estimate of drug-likeness (QED) is 0.587. The number of nitrogens with one attached hydrogen (secondary N) is 1. The molecule has 1 saturated carbocycles. The molecule has 2 rings (SSSR count). The van der Waals surface area contributed by atoms with Crippen molar-refractivity contribution in [1.29, 1.82) is 0 Å². The molecule has 2 atom stereocenters. The van der Waals surface area contributed by atoms with Gasteiger partial charge in [-0.15, -0.1) is 0 Å². The van der Waals surface area contributed by atoms with Crippen LogP contribution in [0.1, 0.15) is 36.0 Å². The number of carbonyl (C=O) groups is 1. The fourth-order valence-electron chi connectivity index (χ4n) is 2.53. The maximum atomic E-state index is 12.2. The average Bonchev–Trinajstić information content (AvgIpc) is 2.42. The molecule has 0 heterocycles. The Bertz CT molecular complexity index is 465. The molecule has 19 heavy (non-hydrogen) atoms. The van der Waals surface area contributed by atoms with Gasteiger partial charge in [0.25, 0.3) is 5.91 Å². The van der Waals surface area contributed by atoms with Crippen LogP contribution >= 0.6 is 11.8 Å². The summed E-state index contributed by atoms with van der Waals surface area (Å²) in [6.07, 6.45) is 6.58. The molecule has 0 saturated heterocycles. The fourth-order valence-corrected chi connectivity index (χ4v) is 3.47. The van der Waals surface area contributed by atoms with Gasteiger partial charge in [0.2, 0.25) is 0 Å². The van der Waals surface area contributed by atoms with Gasteiger partial charge in [-0.25, -0.2) is 0 Å². The second-order valence-corrected chi connectivity index (χ2v) is 5.96. The number of phenols is 1. The van der Waals surface area contributed by atoms with Crippen LogP contribution in [0.2, 0.25) is 0 Å². The van der Waals surface area contributed by atoms with Gasteiger partial charge in [-0.1, -0.05) is 18.9 Å². The molecule has 1 fully saturated rings. The number of phenolic OH excluding ortho intramolecular Hbond substituents is 1. The third-order valence-electron chi connectivity index (χ3n) is 3.63. The van der Waals surface area contributed by atoms with Crippen LogP contribution in [0.4, 0.5) is 5.69 Å². The van der Waals surface area contributed by atoms with Crippen molar-refractivity contribution in [2.75, 3.05) is 12.0 Å². The molecule has 1 aliphatic rings. The molecule has 4 nitrogen and oxygen atoms in total. The lowest BCUT2D eigenvalue weighted by Crippen LogP contribution is -2.43. The highest BCUT2D eigenvalue weighted by Crippen LogP contribution is 2.29. The van der Waals surface area contributed by atoms with Crippen LogP contribution in [0.25, 0.3) is 0 Å². The first-order valence-electron chi connectivity index (χ1n) is 6.54. The Morgan fingerprint density at radius 2 is 2.16 bits per heavy atom. The van der Waals surface area contributed by atoms with E-state index in [0.29, 0.717) is 5.25 Å². The summed E-state index contributed by atoms with van der Waals surface area (Å²) in [7, 11) is 0. The maximum Gasteiger partial charge on any atom is 0.255 e. The van der Waals surface area contributed by atoms with Crippen LogP contribution < -0.4 is 11.1 Å². The third-order valence-corrected chi connectivity index (χ3v) is 4.80. The van der Waals surface area contributed by atoms with Crippen LogP contribution in [-0.4, -0.2) is 28.6 Å². The number of aromatic hydroxyl groups is 1. The van der Waals surface area contributed by atoms with Crippen LogP contribution in [0, 0.1) is 0 Å². The van der Waals surface area contributed by atoms with E-state index < -0.39 is 0 Å². The standard InChI is InChI=1S/C14H20N2O2S/c1-19-12-8-3-2-7-11(12)16-14(18)9-5-4-6-10(15)13(9)17/h4-6,11-12,17H,2-3,7-8,15H2,1H3,(H,16,18). The Balaban J connectivity index is 2.09. The summed E-state index contributed by atoms with van der Waals surface area (Å²) in [5.74, 6) is -0.368. The van der Waals surface area contributed by atoms with Gasteiger partial charge >= 0.3 is 0 Å². The topological polar surface area (TPSA) is 75.4 Å². The van der Waals surface area contributed by atoms with Crippen molar-refractivity contribution < 1.29 is 9.90 Å². The molecule has 1 aromatic carbocycles. The van der Waals surface area contributed by atoms with Crippen molar-refractivity contribution in [2.45, 2.75) is 37.0 Å². The van der Waals surface area contributed by atoms with Crippen LogP contribution in [0.3, 0.4) is 0 Å². The number of nitrogens with two attached hydrogens (primary N) is 1. The van der Waals surface area contributed by atoms with Crippen molar-refractivity contribution >= 4 is 23.4 Å². The number of thioether (sulfide) groups is 1. The van der Waals surface area contributed by atoms with Crippen LogP contribution in [0.15, 0.2) is 18.2 Å². The Kier molecular flexibility index (Phi) is 4.58. The Labute approximate surface area is 117 Å². The predicted octanol–water partition coefficient (Wildman–Crippen LogP) is 2.38. The number of benzene rings is 1. The second kappa shape index (κ2) is 6.19. The summed E-state index contributed by atoms with van der Waals surface area (Å²) < 4.78 is 0. The molecular formula is C14H20N2O2S. The van der Waals surface area contributed by atoms with E-state index in [-0.39, 0.29) is 28.9 Å². The van der Waals surface area contributed by atoms with E-state index in [0.717, 1.165) is 19.3 Å². The first kappa shape index (κ1) is 14.1. The van der Waals surface area contributed by atoms with Crippen molar-refractivity contribution in [3.05, 3.63) is 23.8 Å². The second-order valence-electron chi connectivity index (χ2n) is 4.88. The molecule has 0 bridgehead atoms. The largest absolute Gasteiger partial charge is 0.505 e. The third kappa shape index (κ3) is 3.15. The number of amides is 1. The van der Waals surface area contributed by atoms with Gasteiger partial charge in [-0.3, -0.25) is 4.79 Å². The lowest BCUT2D eigenvalue weighted by Gasteiger charge is -2.31. The van der Waals surface area contributed by atoms with E-state index in [1.165, 1.54) is 6.42 Å². The van der Waals surface area contributed by atoms with Gasteiger partial charge in [0.15, 0.2) is 5.75 Å². The van der Waals surface area contributed by atoms with E-state index in [9.17, 15) is 9.90 Å². The van der Waals surface area contributed by atoms with Crippen molar-refractivity contribution in [3.8, 4) is 5.75 Å². The molecular weight excluding hydrogens is 260 g/mol. The molecule has 104 valence electrons. The highest BCUT2D eigenvalue weighted by molar-refractivity contribution is 7.99. The van der Waals surface area contributed by atoms with Gasteiger partial charge in [0, 0.05) is 11.3 Å². The number of carbonyl (C=O) groups excluding carboxylic acids is 1. The fraction of sp³-hybridized carbons (Fsp3) is 0.500. The molecule has 5 heteroatoms. The number of para-hydroxylation sites is 1. The van der Waals surface area contributed by atoms with Crippen molar-refractivity contribution in [1.82, 2.24) is 5.32 Å². The van der Waals surface area contributed by atoms with E-state index in [1.807, 2.05) is 0 Å². The van der Waals surface area contributed by atoms with Crippen LogP contribution in [-0.2, 0) is 0 Å². The van der Waals surface area contributed by atoms with E-state index in [1.54, 1.807) is 30.0 Å². The highest BCUT2D eigenvalue weighted by atomic mass is 32.2. The van der Waals surface area contributed by atoms with Gasteiger partial charge in [0.05, 0.1) is 11.3 Å². The molecule has 1 aromatic rings. The molecule has 0 aromatic heterocycles. The zero-order chi connectivity index (χ0) is 13.8. The van der Waals surface area contributed by atoms with E-state index in [2.05, 4.69) is 11.6 Å². The lowest BCUT2D eigenvalue weighted by atomic mass is 9.94. The summed E-state index contributed by atoms with van der Waals surface area (Å²) in [6.45, 7) is 0. The smallest absolute Gasteiger partial charge is 0.255 e. The average molecular weight is 280 g/mol. The Morgan fingerprint density at radius 3 is 2.89 bits per heavy atom. The predicted molar refractivity (Wildman–Crippen MR) is 79.5 cm³/mol. The van der Waals surface area contributed by atoms with Gasteiger partial charge in [-0.2, -0.15) is 11.8 Å². The number of hydrogen-bond acceptors (Lipinski definition) is 4. The zero-order valence-corrected chi connectivity index (χ0v) is 11.9. The van der Waals surface area contributed by atoms with E-state index in [4.69, 9.17) is 5.73 Å². The summed E-state index contributed by atoms with van der Waals surface area (Å²) in [5.41, 5.74) is 6.10. The van der Waals surface area contributed by atoms with Crippen molar-refractivity contribution in [2.24, 2.45) is 0 Å². The van der Waals surface area contributed by atoms with Gasteiger partial charge in [-0.05, 0) is 31.2 Å². The van der Waals surface area contributed by atoms with Gasteiger partial charge < -0.3 is 16.2 Å². The Hall–Kier alpha value is -1.36. The SMILES string of the molecule is CSC1CCCCC1NC(=O)c1cccc(N)c1O. The normalized spacial score (nSPS) is 23.0. The summed E-state index contributed by atoms with van der Waals surface area (Å²) >= 11 is 1.80. The monoisotopic (exact) mass is 280 g/mol. The highest BCUT2D eigenvalue weighted by Gasteiger charge is 2.26.